The zero-order chi connectivity index (χ0) is 17.7. The highest BCUT2D eigenvalue weighted by atomic mass is 35.5. The molecular weight excluding hydrogens is 355 g/mol. The van der Waals surface area contributed by atoms with E-state index in [4.69, 9.17) is 16.7 Å². The molecule has 0 radical (unpaired) electrons. The van der Waals surface area contributed by atoms with Crippen molar-refractivity contribution >= 4 is 33.6 Å². The zero-order valence-corrected chi connectivity index (χ0v) is 13.9. The van der Waals surface area contributed by atoms with Crippen LogP contribution < -0.4 is 10.5 Å². The van der Waals surface area contributed by atoms with Gasteiger partial charge in [-0.2, -0.15) is 0 Å². The molecular formula is C16H14ClFN2O3S. The largest absolute Gasteiger partial charge is 0.348 e. The van der Waals surface area contributed by atoms with E-state index >= 15 is 0 Å². The van der Waals surface area contributed by atoms with E-state index in [1.807, 2.05) is 0 Å². The lowest BCUT2D eigenvalue weighted by molar-refractivity contribution is -0.116. The van der Waals surface area contributed by atoms with Gasteiger partial charge in [-0.3, -0.25) is 4.79 Å². The molecule has 2 aromatic carbocycles. The number of primary sulfonamides is 1. The van der Waals surface area contributed by atoms with Crippen LogP contribution >= 0.6 is 11.6 Å². The normalized spacial score (nSPS) is 11.6. The van der Waals surface area contributed by atoms with Crippen LogP contribution in [-0.4, -0.2) is 14.3 Å². The summed E-state index contributed by atoms with van der Waals surface area (Å²) in [5, 5.41) is 7.80. The summed E-state index contributed by atoms with van der Waals surface area (Å²) in [6.45, 7) is 0.180. The quantitative estimate of drug-likeness (QED) is 0.794. The Hall–Kier alpha value is -2.22. The molecule has 2 aromatic rings. The molecule has 0 saturated carbocycles. The van der Waals surface area contributed by atoms with E-state index in [1.54, 1.807) is 0 Å². The first-order valence-electron chi connectivity index (χ1n) is 6.79. The summed E-state index contributed by atoms with van der Waals surface area (Å²) in [6, 6.07) is 10.0. The van der Waals surface area contributed by atoms with Gasteiger partial charge in [0.15, 0.2) is 0 Å². The smallest absolute Gasteiger partial charge is 0.244 e. The van der Waals surface area contributed by atoms with Gasteiger partial charge in [0.2, 0.25) is 15.9 Å². The fourth-order valence-electron chi connectivity index (χ4n) is 1.87. The van der Waals surface area contributed by atoms with Gasteiger partial charge in [-0.05, 0) is 35.9 Å². The molecule has 0 aliphatic heterocycles. The van der Waals surface area contributed by atoms with E-state index in [1.165, 1.54) is 54.6 Å². The lowest BCUT2D eigenvalue weighted by Crippen LogP contribution is -2.20. The van der Waals surface area contributed by atoms with Crippen molar-refractivity contribution in [3.05, 3.63) is 70.5 Å². The molecule has 0 spiro atoms. The Morgan fingerprint density at radius 3 is 2.46 bits per heavy atom. The number of amides is 1. The van der Waals surface area contributed by atoms with Crippen molar-refractivity contribution in [2.24, 2.45) is 5.14 Å². The van der Waals surface area contributed by atoms with Crippen molar-refractivity contribution in [1.29, 1.82) is 0 Å². The monoisotopic (exact) mass is 368 g/mol. The topological polar surface area (TPSA) is 89.3 Å². The number of nitrogens with one attached hydrogen (secondary N) is 1. The summed E-state index contributed by atoms with van der Waals surface area (Å²) in [7, 11) is -3.74. The van der Waals surface area contributed by atoms with Gasteiger partial charge >= 0.3 is 0 Å². The summed E-state index contributed by atoms with van der Waals surface area (Å²) in [6.07, 6.45) is 2.46. The summed E-state index contributed by atoms with van der Waals surface area (Å²) < 4.78 is 35.8. The zero-order valence-electron chi connectivity index (χ0n) is 12.4. The maximum atomic E-state index is 13.6. The highest BCUT2D eigenvalue weighted by Crippen LogP contribution is 2.20. The van der Waals surface area contributed by atoms with Crippen LogP contribution in [-0.2, 0) is 21.4 Å². The number of hydrogen-bond acceptors (Lipinski definition) is 3. The first kappa shape index (κ1) is 18.1. The highest BCUT2D eigenvalue weighted by molar-refractivity contribution is 7.89. The van der Waals surface area contributed by atoms with Crippen molar-refractivity contribution in [2.45, 2.75) is 11.4 Å². The third kappa shape index (κ3) is 4.89. The Bertz CT molecular complexity index is 860. The van der Waals surface area contributed by atoms with Gasteiger partial charge in [0, 0.05) is 18.2 Å². The number of rotatable bonds is 5. The van der Waals surface area contributed by atoms with Gasteiger partial charge in [-0.15, -0.1) is 0 Å². The molecule has 0 bridgehead atoms. The van der Waals surface area contributed by atoms with Gasteiger partial charge < -0.3 is 5.32 Å². The highest BCUT2D eigenvalue weighted by Gasteiger charge is 2.07. The molecule has 2 rings (SSSR count). The van der Waals surface area contributed by atoms with Gasteiger partial charge in [-0.1, -0.05) is 29.8 Å². The number of nitrogens with two attached hydrogens (primary N) is 1. The Balaban J connectivity index is 1.97. The molecule has 0 saturated heterocycles. The number of carbonyl (C=O) groups is 1. The minimum Gasteiger partial charge on any atom is -0.348 e. The molecule has 5 nitrogen and oxygen atoms in total. The minimum atomic E-state index is -3.74. The summed E-state index contributed by atoms with van der Waals surface area (Å²) in [5.41, 5.74) is 0.819. The maximum absolute atomic E-state index is 13.6. The standard InChI is InChI=1S/C16H14ClFN2O3S/c17-14-2-1-3-15(18)13(14)8-9-16(21)20-10-11-4-6-12(7-5-11)24(19,22)23/h1-9H,10H2,(H,20,21)(H2,19,22,23)/b9-8+. The van der Waals surface area contributed by atoms with Gasteiger partial charge in [0.1, 0.15) is 5.82 Å². The van der Waals surface area contributed by atoms with Gasteiger partial charge in [0.25, 0.3) is 0 Å². The van der Waals surface area contributed by atoms with Crippen molar-refractivity contribution < 1.29 is 17.6 Å². The van der Waals surface area contributed by atoms with Crippen LogP contribution in [0.1, 0.15) is 11.1 Å². The minimum absolute atomic E-state index is 0.00772. The second-order valence-electron chi connectivity index (χ2n) is 4.88. The molecule has 126 valence electrons. The number of hydrogen-bond donors (Lipinski definition) is 2. The van der Waals surface area contributed by atoms with Gasteiger partial charge in [-0.25, -0.2) is 17.9 Å². The molecule has 0 aliphatic rings. The molecule has 0 heterocycles. The number of halogens is 2. The van der Waals surface area contributed by atoms with E-state index in [0.717, 1.165) is 0 Å². The molecule has 3 N–H and O–H groups in total. The third-order valence-corrected chi connectivity index (χ3v) is 4.38. The fraction of sp³-hybridized carbons (Fsp3) is 0.0625. The molecule has 0 unspecified atom stereocenters. The first-order valence-corrected chi connectivity index (χ1v) is 8.71. The third-order valence-electron chi connectivity index (χ3n) is 3.12. The second kappa shape index (κ2) is 7.57. The predicted octanol–water partition coefficient (Wildman–Crippen LogP) is 2.46. The average molecular weight is 369 g/mol. The molecule has 0 aromatic heterocycles. The summed E-state index contributed by atoms with van der Waals surface area (Å²) >= 11 is 5.86. The van der Waals surface area contributed by atoms with Crippen molar-refractivity contribution in [2.75, 3.05) is 0 Å². The van der Waals surface area contributed by atoms with Crippen LogP contribution in [0.2, 0.25) is 5.02 Å². The molecule has 0 aliphatic carbocycles. The Morgan fingerprint density at radius 2 is 1.88 bits per heavy atom. The van der Waals surface area contributed by atoms with Crippen LogP contribution in [0.15, 0.2) is 53.4 Å². The van der Waals surface area contributed by atoms with Crippen LogP contribution in [0.25, 0.3) is 6.08 Å². The summed E-state index contributed by atoms with van der Waals surface area (Å²) in [5.74, 6) is -0.963. The number of carbonyl (C=O) groups excluding carboxylic acids is 1. The molecule has 1 amide bonds. The van der Waals surface area contributed by atoms with Crippen molar-refractivity contribution in [3.8, 4) is 0 Å². The van der Waals surface area contributed by atoms with Crippen LogP contribution in [0.5, 0.6) is 0 Å². The van der Waals surface area contributed by atoms with E-state index < -0.39 is 21.7 Å². The molecule has 24 heavy (non-hydrogen) atoms. The van der Waals surface area contributed by atoms with Gasteiger partial charge in [0.05, 0.1) is 9.92 Å². The number of sulfonamides is 1. The average Bonchev–Trinajstić information content (AvgIpc) is 2.52. The Morgan fingerprint density at radius 1 is 1.21 bits per heavy atom. The van der Waals surface area contributed by atoms with E-state index in [-0.39, 0.29) is 22.0 Å². The summed E-state index contributed by atoms with van der Waals surface area (Å²) in [4.78, 5) is 11.8. The lowest BCUT2D eigenvalue weighted by Gasteiger charge is -2.04. The van der Waals surface area contributed by atoms with E-state index in [9.17, 15) is 17.6 Å². The maximum Gasteiger partial charge on any atom is 0.244 e. The fourth-order valence-corrected chi connectivity index (χ4v) is 2.62. The Labute approximate surface area is 144 Å². The Kier molecular flexibility index (Phi) is 5.71. The van der Waals surface area contributed by atoms with E-state index in [2.05, 4.69) is 5.32 Å². The van der Waals surface area contributed by atoms with Crippen molar-refractivity contribution in [3.63, 3.8) is 0 Å². The van der Waals surface area contributed by atoms with Crippen LogP contribution in [0.4, 0.5) is 4.39 Å². The lowest BCUT2D eigenvalue weighted by atomic mass is 10.2. The first-order chi connectivity index (χ1) is 11.3. The SMILES string of the molecule is NS(=O)(=O)c1ccc(CNC(=O)/C=C/c2c(F)cccc2Cl)cc1. The second-order valence-corrected chi connectivity index (χ2v) is 6.84. The van der Waals surface area contributed by atoms with E-state index in [0.29, 0.717) is 5.56 Å². The molecule has 0 atom stereocenters. The predicted molar refractivity (Wildman–Crippen MR) is 90.1 cm³/mol. The molecule has 8 heteroatoms. The number of benzene rings is 2. The van der Waals surface area contributed by atoms with Crippen LogP contribution in [0.3, 0.4) is 0 Å². The van der Waals surface area contributed by atoms with Crippen LogP contribution in [0, 0.1) is 5.82 Å². The van der Waals surface area contributed by atoms with Crippen molar-refractivity contribution in [1.82, 2.24) is 5.32 Å². The molecule has 0 fully saturated rings.